The summed E-state index contributed by atoms with van der Waals surface area (Å²) >= 11 is 0. The first-order chi connectivity index (χ1) is 16.3. The van der Waals surface area contributed by atoms with Gasteiger partial charge in [0.25, 0.3) is 0 Å². The zero-order valence-corrected chi connectivity index (χ0v) is 18.1. The van der Waals surface area contributed by atoms with E-state index in [4.69, 9.17) is 0 Å². The van der Waals surface area contributed by atoms with Crippen LogP contribution in [0.3, 0.4) is 0 Å². The van der Waals surface area contributed by atoms with Crippen molar-refractivity contribution in [2.24, 2.45) is 0 Å². The number of hydrogen-bond donors (Lipinski definition) is 0. The number of aryl methyl sites for hydroxylation is 1. The Morgan fingerprint density at radius 1 is 0.636 bits per heavy atom. The van der Waals surface area contributed by atoms with Crippen molar-refractivity contribution in [3.63, 3.8) is 0 Å². The molecule has 4 aromatic carbocycles. The molecule has 3 heterocycles. The van der Waals surface area contributed by atoms with Crippen molar-refractivity contribution >= 4 is 38.2 Å². The van der Waals surface area contributed by atoms with Crippen molar-refractivity contribution in [1.29, 1.82) is 0 Å². The predicted octanol–water partition coefficient (Wildman–Crippen LogP) is 6.96. The zero-order valence-electron chi connectivity index (χ0n) is 18.1. The fraction of sp³-hybridized carbons (Fsp3) is 0.0345. The van der Waals surface area contributed by atoms with Gasteiger partial charge in [-0.05, 0) is 60.8 Å². The highest BCUT2D eigenvalue weighted by Gasteiger charge is 2.14. The number of para-hydroxylation sites is 1. The fourth-order valence-corrected chi connectivity index (χ4v) is 4.94. The lowest BCUT2D eigenvalue weighted by atomic mass is 10.1. The number of nitrogens with zero attached hydrogens (tertiary/aromatic N) is 4. The van der Waals surface area contributed by atoms with Gasteiger partial charge in [-0.3, -0.25) is 4.40 Å². The van der Waals surface area contributed by atoms with Gasteiger partial charge >= 0.3 is 0 Å². The van der Waals surface area contributed by atoms with Crippen LogP contribution in [-0.4, -0.2) is 19.2 Å². The van der Waals surface area contributed by atoms with Gasteiger partial charge < -0.3 is 4.57 Å². The van der Waals surface area contributed by atoms with E-state index in [1.54, 1.807) is 0 Å². The number of fused-ring (bicyclic) bond motifs is 6. The second-order valence-corrected chi connectivity index (χ2v) is 8.54. The summed E-state index contributed by atoms with van der Waals surface area (Å²) in [5.41, 5.74) is 6.75. The van der Waals surface area contributed by atoms with E-state index >= 15 is 0 Å². The molecule has 0 bridgehead atoms. The highest BCUT2D eigenvalue weighted by molar-refractivity contribution is 6.09. The molecule has 7 rings (SSSR count). The van der Waals surface area contributed by atoms with Gasteiger partial charge in [-0.1, -0.05) is 54.1 Å². The van der Waals surface area contributed by atoms with E-state index in [1.807, 2.05) is 12.1 Å². The SMILES string of the molecule is Cc1ccc2c(c1)c1ccccc1n2-c1ccc(-c2nnc3c4ccccc4ccn23)cc1. The summed E-state index contributed by atoms with van der Waals surface area (Å²) in [5.74, 6) is 0.847. The summed E-state index contributed by atoms with van der Waals surface area (Å²) in [6, 6.07) is 34.3. The van der Waals surface area contributed by atoms with Crippen LogP contribution in [0, 0.1) is 6.92 Å². The Bertz CT molecular complexity index is 1820. The number of benzene rings is 4. The molecule has 0 aliphatic carbocycles. The van der Waals surface area contributed by atoms with Gasteiger partial charge in [-0.2, -0.15) is 0 Å². The molecule has 0 aliphatic rings. The Kier molecular flexibility index (Phi) is 3.73. The molecule has 33 heavy (non-hydrogen) atoms. The lowest BCUT2D eigenvalue weighted by molar-refractivity contribution is 1.11. The van der Waals surface area contributed by atoms with E-state index in [-0.39, 0.29) is 0 Å². The average Bonchev–Trinajstić information content (AvgIpc) is 3.44. The maximum absolute atomic E-state index is 4.52. The largest absolute Gasteiger partial charge is 0.309 e. The molecular formula is C29H20N4. The number of rotatable bonds is 2. The predicted molar refractivity (Wildman–Crippen MR) is 135 cm³/mol. The Morgan fingerprint density at radius 3 is 2.27 bits per heavy atom. The standard InChI is InChI=1S/C29H20N4/c1-19-10-15-27-25(18-19)24-8-4-5-9-26(24)33(27)22-13-11-21(12-14-22)28-30-31-29-23-7-3-2-6-20(23)16-17-32(28)29/h2-18H,1H3. The van der Waals surface area contributed by atoms with Gasteiger partial charge in [0.05, 0.1) is 11.0 Å². The molecule has 3 aromatic heterocycles. The Labute approximate surface area is 190 Å². The minimum Gasteiger partial charge on any atom is -0.309 e. The molecule has 0 saturated heterocycles. The molecular weight excluding hydrogens is 404 g/mol. The van der Waals surface area contributed by atoms with E-state index in [2.05, 4.69) is 117 Å². The Balaban J connectivity index is 1.40. The van der Waals surface area contributed by atoms with E-state index in [9.17, 15) is 0 Å². The summed E-state index contributed by atoms with van der Waals surface area (Å²) in [6.07, 6.45) is 2.05. The Hall–Kier alpha value is -4.44. The summed E-state index contributed by atoms with van der Waals surface area (Å²) in [4.78, 5) is 0. The van der Waals surface area contributed by atoms with Crippen LogP contribution in [0.4, 0.5) is 0 Å². The van der Waals surface area contributed by atoms with E-state index < -0.39 is 0 Å². The maximum atomic E-state index is 4.52. The van der Waals surface area contributed by atoms with Gasteiger partial charge in [0.2, 0.25) is 0 Å². The number of aromatic nitrogens is 4. The second-order valence-electron chi connectivity index (χ2n) is 8.54. The minimum absolute atomic E-state index is 0.847. The number of pyridine rings is 1. The molecule has 0 atom stereocenters. The van der Waals surface area contributed by atoms with Crippen LogP contribution in [0.5, 0.6) is 0 Å². The van der Waals surface area contributed by atoms with E-state index in [0.29, 0.717) is 0 Å². The van der Waals surface area contributed by atoms with Gasteiger partial charge in [-0.25, -0.2) is 0 Å². The van der Waals surface area contributed by atoms with E-state index in [1.165, 1.54) is 32.8 Å². The monoisotopic (exact) mass is 424 g/mol. The lowest BCUT2D eigenvalue weighted by Crippen LogP contribution is -1.95. The third-order valence-corrected chi connectivity index (χ3v) is 6.51. The lowest BCUT2D eigenvalue weighted by Gasteiger charge is -2.09. The molecule has 0 saturated carbocycles. The van der Waals surface area contributed by atoms with Crippen molar-refractivity contribution in [2.75, 3.05) is 0 Å². The van der Waals surface area contributed by atoms with Crippen LogP contribution in [-0.2, 0) is 0 Å². The van der Waals surface area contributed by atoms with Gasteiger partial charge in [-0.15, -0.1) is 10.2 Å². The van der Waals surface area contributed by atoms with Crippen LogP contribution in [0.15, 0.2) is 103 Å². The Morgan fingerprint density at radius 2 is 1.39 bits per heavy atom. The van der Waals surface area contributed by atoms with Crippen LogP contribution in [0.1, 0.15) is 5.56 Å². The molecule has 0 radical (unpaired) electrons. The van der Waals surface area contributed by atoms with Crippen LogP contribution in [0.2, 0.25) is 0 Å². The normalized spacial score (nSPS) is 11.8. The average molecular weight is 425 g/mol. The molecule has 0 fully saturated rings. The summed E-state index contributed by atoms with van der Waals surface area (Å²) in [5, 5.41) is 13.8. The van der Waals surface area contributed by atoms with Gasteiger partial charge in [0.15, 0.2) is 11.5 Å². The molecule has 0 unspecified atom stereocenters. The molecule has 156 valence electrons. The van der Waals surface area contributed by atoms with Crippen LogP contribution < -0.4 is 0 Å². The van der Waals surface area contributed by atoms with Crippen molar-refractivity contribution in [3.05, 3.63) is 109 Å². The first-order valence-corrected chi connectivity index (χ1v) is 11.1. The minimum atomic E-state index is 0.847. The van der Waals surface area contributed by atoms with Crippen molar-refractivity contribution in [1.82, 2.24) is 19.2 Å². The quantitative estimate of drug-likeness (QED) is 0.301. The first kappa shape index (κ1) is 18.2. The van der Waals surface area contributed by atoms with Crippen molar-refractivity contribution < 1.29 is 0 Å². The summed E-state index contributed by atoms with van der Waals surface area (Å²) < 4.78 is 4.41. The second kappa shape index (κ2) is 6.78. The maximum Gasteiger partial charge on any atom is 0.168 e. The van der Waals surface area contributed by atoms with Crippen molar-refractivity contribution in [3.8, 4) is 17.1 Å². The van der Waals surface area contributed by atoms with Crippen LogP contribution in [0.25, 0.3) is 55.3 Å². The van der Waals surface area contributed by atoms with Gasteiger partial charge in [0, 0.05) is 33.6 Å². The first-order valence-electron chi connectivity index (χ1n) is 11.1. The number of hydrogen-bond acceptors (Lipinski definition) is 2. The molecule has 4 nitrogen and oxygen atoms in total. The van der Waals surface area contributed by atoms with Gasteiger partial charge in [0.1, 0.15) is 0 Å². The summed E-state index contributed by atoms with van der Waals surface area (Å²) in [6.45, 7) is 2.15. The van der Waals surface area contributed by atoms with Crippen LogP contribution >= 0.6 is 0 Å². The smallest absolute Gasteiger partial charge is 0.168 e. The molecule has 7 aromatic rings. The molecule has 0 aliphatic heterocycles. The molecule has 0 spiro atoms. The summed E-state index contributed by atoms with van der Waals surface area (Å²) in [7, 11) is 0. The molecule has 0 amide bonds. The molecule has 4 heteroatoms. The van der Waals surface area contributed by atoms with E-state index in [0.717, 1.165) is 28.1 Å². The molecule has 0 N–H and O–H groups in total. The highest BCUT2D eigenvalue weighted by atomic mass is 15.2. The highest BCUT2D eigenvalue weighted by Crippen LogP contribution is 2.33. The third-order valence-electron chi connectivity index (χ3n) is 6.51. The third kappa shape index (κ3) is 2.64. The van der Waals surface area contributed by atoms with Crippen molar-refractivity contribution in [2.45, 2.75) is 6.92 Å². The topological polar surface area (TPSA) is 35.1 Å². The zero-order chi connectivity index (χ0) is 21.9. The fourth-order valence-electron chi connectivity index (χ4n) is 4.94.